The fourth-order valence-electron chi connectivity index (χ4n) is 5.16. The SMILES string of the molecule is CCN(C[C@H]1CCCO1)c1nc2c(C)cccc2cc1CN(Cc1cc(C(F)(F)F)cc(C(F)(F)F)c1)C(N=NC)=NN. The van der Waals surface area contributed by atoms with E-state index in [9.17, 15) is 26.3 Å². The van der Waals surface area contributed by atoms with Crippen LogP contribution in [0.25, 0.3) is 10.9 Å². The quantitative estimate of drug-likeness (QED) is 0.0749. The number of guanidine groups is 1. The third kappa shape index (κ3) is 7.72. The van der Waals surface area contributed by atoms with Gasteiger partial charge in [-0.05, 0) is 62.1 Å². The minimum Gasteiger partial charge on any atom is -0.376 e. The van der Waals surface area contributed by atoms with Gasteiger partial charge in [0.25, 0.3) is 5.96 Å². The summed E-state index contributed by atoms with van der Waals surface area (Å²) in [5.74, 6) is 6.03. The van der Waals surface area contributed by atoms with Crippen molar-refractivity contribution in [3.8, 4) is 0 Å². The largest absolute Gasteiger partial charge is 0.416 e. The molecule has 2 N–H and O–H groups in total. The van der Waals surface area contributed by atoms with Crippen molar-refractivity contribution in [3.05, 3.63) is 70.3 Å². The van der Waals surface area contributed by atoms with E-state index in [2.05, 4.69) is 20.2 Å². The second-order valence-corrected chi connectivity index (χ2v) is 10.3. The van der Waals surface area contributed by atoms with Crippen LogP contribution < -0.4 is 10.7 Å². The number of pyridine rings is 1. The van der Waals surface area contributed by atoms with Crippen molar-refractivity contribution in [2.75, 3.05) is 31.6 Å². The number of fused-ring (bicyclic) bond motifs is 1. The number of hydrazone groups is 1. The van der Waals surface area contributed by atoms with E-state index in [0.717, 1.165) is 29.3 Å². The highest BCUT2D eigenvalue weighted by Gasteiger charge is 2.37. The van der Waals surface area contributed by atoms with Gasteiger partial charge in [0, 0.05) is 50.8 Å². The number of anilines is 1. The van der Waals surface area contributed by atoms with Gasteiger partial charge >= 0.3 is 12.4 Å². The highest BCUT2D eigenvalue weighted by atomic mass is 19.4. The van der Waals surface area contributed by atoms with E-state index in [0.29, 0.717) is 43.2 Å². The average molecular weight is 610 g/mol. The molecule has 3 aromatic rings. The van der Waals surface area contributed by atoms with Crippen LogP contribution in [0.4, 0.5) is 32.2 Å². The van der Waals surface area contributed by atoms with Crippen LogP contribution in [0.1, 0.15) is 47.6 Å². The van der Waals surface area contributed by atoms with Gasteiger partial charge in [-0.3, -0.25) is 0 Å². The van der Waals surface area contributed by atoms with Gasteiger partial charge in [-0.2, -0.15) is 31.5 Å². The number of azo groups is 1. The molecule has 0 radical (unpaired) electrons. The molecule has 1 aromatic heterocycles. The first-order valence-corrected chi connectivity index (χ1v) is 13.7. The van der Waals surface area contributed by atoms with Crippen LogP contribution in [-0.4, -0.2) is 48.7 Å². The Hall–Kier alpha value is -3.94. The van der Waals surface area contributed by atoms with Crippen molar-refractivity contribution >= 4 is 22.7 Å². The first-order chi connectivity index (χ1) is 20.3. The van der Waals surface area contributed by atoms with Crippen molar-refractivity contribution in [1.29, 1.82) is 0 Å². The number of aromatic nitrogens is 1. The predicted molar refractivity (Wildman–Crippen MR) is 151 cm³/mol. The standard InChI is InChI=1S/C29H33F6N7O/c1-4-41(17-24-9-6-10-43-24)26-21(13-20-8-5-7-18(2)25(20)38-26)16-42(27(39-36)40-37-3)15-19-11-22(28(30,31)32)14-23(12-19)29(33,34)35/h5,7-8,11-14,24H,4,6,9-10,15-17,36H2,1-3H3/t24-/m1/s1. The van der Waals surface area contributed by atoms with Gasteiger partial charge in [-0.1, -0.05) is 18.2 Å². The number of para-hydroxylation sites is 1. The lowest BCUT2D eigenvalue weighted by Gasteiger charge is -2.30. The molecular formula is C29H33F6N7O. The van der Waals surface area contributed by atoms with E-state index in [1.807, 2.05) is 38.1 Å². The van der Waals surface area contributed by atoms with E-state index < -0.39 is 30.0 Å². The Morgan fingerprint density at radius 3 is 2.30 bits per heavy atom. The summed E-state index contributed by atoms with van der Waals surface area (Å²) in [6.45, 7) is 5.25. The summed E-state index contributed by atoms with van der Waals surface area (Å²) in [4.78, 5) is 8.43. The van der Waals surface area contributed by atoms with Crippen molar-refractivity contribution in [2.24, 2.45) is 21.2 Å². The first-order valence-electron chi connectivity index (χ1n) is 13.7. The molecule has 0 spiro atoms. The topological polar surface area (TPSA) is 91.7 Å². The highest BCUT2D eigenvalue weighted by Crippen LogP contribution is 2.37. The number of halogens is 6. The number of hydrogen-bond acceptors (Lipinski definition) is 6. The molecule has 0 aliphatic carbocycles. The van der Waals surface area contributed by atoms with Crippen LogP contribution in [-0.2, 0) is 30.2 Å². The van der Waals surface area contributed by atoms with E-state index in [4.69, 9.17) is 15.6 Å². The Balaban J connectivity index is 1.83. The normalized spacial score (nSPS) is 16.4. The van der Waals surface area contributed by atoms with Gasteiger partial charge in [-0.25, -0.2) is 4.98 Å². The zero-order chi connectivity index (χ0) is 31.4. The molecule has 2 heterocycles. The number of aryl methyl sites for hydroxylation is 1. The van der Waals surface area contributed by atoms with Gasteiger partial charge in [-0.15, -0.1) is 10.2 Å². The summed E-state index contributed by atoms with van der Waals surface area (Å²) >= 11 is 0. The van der Waals surface area contributed by atoms with Gasteiger partial charge in [0.05, 0.1) is 22.7 Å². The molecule has 0 amide bonds. The molecule has 4 rings (SSSR count). The van der Waals surface area contributed by atoms with Crippen LogP contribution in [0.5, 0.6) is 0 Å². The van der Waals surface area contributed by atoms with Crippen LogP contribution >= 0.6 is 0 Å². The lowest BCUT2D eigenvalue weighted by Crippen LogP contribution is -2.35. The molecule has 1 saturated heterocycles. The van der Waals surface area contributed by atoms with Gasteiger partial charge in [0.2, 0.25) is 0 Å². The lowest BCUT2D eigenvalue weighted by atomic mass is 10.0. The van der Waals surface area contributed by atoms with Crippen LogP contribution in [0.2, 0.25) is 0 Å². The third-order valence-electron chi connectivity index (χ3n) is 7.20. The Labute approximate surface area is 245 Å². The number of nitrogens with two attached hydrogens (primary N) is 1. The molecular weight excluding hydrogens is 576 g/mol. The number of alkyl halides is 6. The van der Waals surface area contributed by atoms with Gasteiger partial charge in [0.15, 0.2) is 0 Å². The number of likely N-dealkylation sites (N-methyl/N-ethyl adjacent to an activating group) is 1. The Kier molecular flexibility index (Phi) is 9.78. The molecule has 0 unspecified atom stereocenters. The van der Waals surface area contributed by atoms with Crippen LogP contribution in [0, 0.1) is 6.92 Å². The monoisotopic (exact) mass is 609 g/mol. The number of benzene rings is 2. The minimum atomic E-state index is -4.99. The number of rotatable bonds is 8. The summed E-state index contributed by atoms with van der Waals surface area (Å²) < 4.78 is 87.5. The summed E-state index contributed by atoms with van der Waals surface area (Å²) in [5.41, 5.74) is -0.730. The molecule has 1 aliphatic heterocycles. The second kappa shape index (κ2) is 13.1. The molecule has 1 fully saturated rings. The van der Waals surface area contributed by atoms with Gasteiger partial charge in [0.1, 0.15) is 5.82 Å². The Morgan fingerprint density at radius 1 is 1.05 bits per heavy atom. The van der Waals surface area contributed by atoms with Crippen LogP contribution in [0.15, 0.2) is 57.8 Å². The number of nitrogens with zero attached hydrogens (tertiary/aromatic N) is 6. The summed E-state index contributed by atoms with van der Waals surface area (Å²) in [6.07, 6.45) is -8.15. The molecule has 0 bridgehead atoms. The molecule has 232 valence electrons. The molecule has 0 saturated carbocycles. The maximum absolute atomic E-state index is 13.6. The molecule has 8 nitrogen and oxygen atoms in total. The molecule has 43 heavy (non-hydrogen) atoms. The Morgan fingerprint density at radius 2 is 1.74 bits per heavy atom. The zero-order valence-corrected chi connectivity index (χ0v) is 24.0. The minimum absolute atomic E-state index is 0.000718. The Bertz CT molecular complexity index is 1450. The number of ether oxygens (including phenoxy) is 1. The maximum atomic E-state index is 13.6. The smallest absolute Gasteiger partial charge is 0.376 e. The molecule has 1 aliphatic rings. The summed E-state index contributed by atoms with van der Waals surface area (Å²) in [7, 11) is 1.35. The first kappa shape index (κ1) is 32.0. The van der Waals surface area contributed by atoms with Crippen LogP contribution in [0.3, 0.4) is 0 Å². The average Bonchev–Trinajstić information content (AvgIpc) is 3.46. The maximum Gasteiger partial charge on any atom is 0.416 e. The third-order valence-corrected chi connectivity index (χ3v) is 7.20. The fraction of sp³-hybridized carbons (Fsp3) is 0.448. The van der Waals surface area contributed by atoms with Crippen molar-refractivity contribution in [2.45, 2.75) is 58.2 Å². The fourth-order valence-corrected chi connectivity index (χ4v) is 5.16. The molecule has 1 atom stereocenters. The lowest BCUT2D eigenvalue weighted by molar-refractivity contribution is -0.143. The molecule has 14 heteroatoms. The summed E-state index contributed by atoms with van der Waals surface area (Å²) in [5, 5.41) is 12.1. The highest BCUT2D eigenvalue weighted by molar-refractivity contribution is 5.85. The second-order valence-electron chi connectivity index (χ2n) is 10.3. The number of hydrogen-bond donors (Lipinski definition) is 1. The van der Waals surface area contributed by atoms with Gasteiger partial charge < -0.3 is 20.4 Å². The van der Waals surface area contributed by atoms with E-state index in [-0.39, 0.29) is 30.2 Å². The van der Waals surface area contributed by atoms with Crippen molar-refractivity contribution < 1.29 is 31.1 Å². The predicted octanol–water partition coefficient (Wildman–Crippen LogP) is 6.90. The zero-order valence-electron chi connectivity index (χ0n) is 24.0. The van der Waals surface area contributed by atoms with Crippen molar-refractivity contribution in [1.82, 2.24) is 9.88 Å². The van der Waals surface area contributed by atoms with E-state index >= 15 is 0 Å². The molecule has 2 aromatic carbocycles. The summed E-state index contributed by atoms with van der Waals surface area (Å²) in [6, 6.07) is 9.06. The van der Waals surface area contributed by atoms with E-state index in [1.54, 1.807) is 0 Å². The van der Waals surface area contributed by atoms with E-state index in [1.165, 1.54) is 11.9 Å². The van der Waals surface area contributed by atoms with Crippen molar-refractivity contribution in [3.63, 3.8) is 0 Å².